The Morgan fingerprint density at radius 2 is 1.91 bits per heavy atom. The topological polar surface area (TPSA) is 148 Å². The molecule has 0 spiro atoms. The van der Waals surface area contributed by atoms with Crippen molar-refractivity contribution in [3.8, 4) is 6.07 Å². The highest BCUT2D eigenvalue weighted by atomic mass is 31.2. The number of ether oxygens (including phenoxy) is 2. The molecule has 1 aliphatic rings. The number of hydrogen-bond acceptors (Lipinski definition) is 10. The van der Waals surface area contributed by atoms with Gasteiger partial charge in [-0.15, -0.1) is 0 Å². The van der Waals surface area contributed by atoms with Crippen LogP contribution in [0.3, 0.4) is 0 Å². The molecule has 2 N–H and O–H groups in total. The maximum absolute atomic E-state index is 13.1. The number of nitriles is 1. The van der Waals surface area contributed by atoms with Crippen molar-refractivity contribution < 1.29 is 28.8 Å². The molecule has 1 unspecified atom stereocenters. The number of rotatable bonds is 11. The Kier molecular flexibility index (Phi) is 9.79. The van der Waals surface area contributed by atoms with Crippen LogP contribution in [0.25, 0.3) is 0 Å². The number of nitrogens with zero attached hydrogens (tertiary/aromatic N) is 4. The third-order valence-electron chi connectivity index (χ3n) is 4.73. The first kappa shape index (κ1) is 26.4. The largest absolute Gasteiger partial charge is 0.387 e. The molecule has 0 saturated carbocycles. The summed E-state index contributed by atoms with van der Waals surface area (Å²) in [7, 11) is -0.507. The second kappa shape index (κ2) is 11.9. The molecule has 0 aliphatic carbocycles. The highest BCUT2D eigenvalue weighted by Gasteiger charge is 2.44. The van der Waals surface area contributed by atoms with Gasteiger partial charge in [-0.3, -0.25) is 9.36 Å². The molecule has 1 aliphatic heterocycles. The molecule has 1 aromatic heterocycles. The van der Waals surface area contributed by atoms with Crippen molar-refractivity contribution >= 4 is 8.53 Å². The summed E-state index contributed by atoms with van der Waals surface area (Å²) >= 11 is 0. The Morgan fingerprint density at radius 3 is 2.47 bits per heavy atom. The highest BCUT2D eigenvalue weighted by molar-refractivity contribution is 7.44. The molecular weight excluding hydrogens is 443 g/mol. The Balaban J connectivity index is 2.40. The average Bonchev–Trinajstić information content (AvgIpc) is 2.99. The Hall–Kier alpha value is -1.84. The van der Waals surface area contributed by atoms with Gasteiger partial charge in [-0.1, -0.05) is 4.73 Å². The normalized spacial score (nSPS) is 24.3. The SMILES string of the molecule is COC[C@H]1O[C@@H](n2ccc(=O)n(OP(OCCC#N)N(C(C)C)C(C)C)c2=O)[C@H](O)[C@@H]1O. The van der Waals surface area contributed by atoms with E-state index in [1.54, 1.807) is 0 Å². The molecule has 0 bridgehead atoms. The standard InChI is InChI=1S/C19H31N4O8P/c1-12(2)23(13(3)4)32(29-10-6-8-20)31-22-15(24)7-9-21(19(22)27)18-17(26)16(25)14(30-18)11-28-5/h7,9,12-14,16-18,25-26H,6,10-11H2,1-5H3/t14-,16-,17-,18-,32?/m1/s1. The zero-order valence-electron chi connectivity index (χ0n) is 18.8. The number of aromatic nitrogens is 2. The molecule has 2 heterocycles. The summed E-state index contributed by atoms with van der Waals surface area (Å²) < 4.78 is 25.4. The fourth-order valence-corrected chi connectivity index (χ4v) is 4.91. The lowest BCUT2D eigenvalue weighted by Gasteiger charge is -2.34. The van der Waals surface area contributed by atoms with Gasteiger partial charge in [0.05, 0.1) is 25.7 Å². The quantitative estimate of drug-likeness (QED) is 0.331. The molecule has 13 heteroatoms. The monoisotopic (exact) mass is 474 g/mol. The summed E-state index contributed by atoms with van der Waals surface area (Å²) in [6.07, 6.45) is -3.52. The van der Waals surface area contributed by atoms with E-state index in [-0.39, 0.29) is 31.7 Å². The molecule has 0 amide bonds. The van der Waals surface area contributed by atoms with E-state index in [0.29, 0.717) is 4.73 Å². The number of hydrogen-bond donors (Lipinski definition) is 2. The summed E-state index contributed by atoms with van der Waals surface area (Å²) in [4.78, 5) is 25.6. The molecule has 12 nitrogen and oxygen atoms in total. The minimum Gasteiger partial charge on any atom is -0.387 e. The lowest BCUT2D eigenvalue weighted by Crippen LogP contribution is -2.46. The van der Waals surface area contributed by atoms with E-state index in [1.165, 1.54) is 13.3 Å². The zero-order valence-corrected chi connectivity index (χ0v) is 19.7. The lowest BCUT2D eigenvalue weighted by molar-refractivity contribution is -0.0631. The maximum atomic E-state index is 13.1. The van der Waals surface area contributed by atoms with Crippen LogP contribution in [0, 0.1) is 11.3 Å². The molecule has 180 valence electrons. The molecule has 2 rings (SSSR count). The van der Waals surface area contributed by atoms with Crippen molar-refractivity contribution in [1.82, 2.24) is 14.0 Å². The average molecular weight is 474 g/mol. The van der Waals surface area contributed by atoms with Crippen LogP contribution in [0.4, 0.5) is 0 Å². The first-order valence-electron chi connectivity index (χ1n) is 10.2. The van der Waals surface area contributed by atoms with E-state index in [4.69, 9.17) is 23.9 Å². The van der Waals surface area contributed by atoms with Crippen LogP contribution < -0.4 is 15.9 Å². The third kappa shape index (κ3) is 5.94. The van der Waals surface area contributed by atoms with Crippen LogP contribution >= 0.6 is 8.53 Å². The van der Waals surface area contributed by atoms with Crippen LogP contribution in [0.15, 0.2) is 21.9 Å². The van der Waals surface area contributed by atoms with E-state index < -0.39 is 44.3 Å². The van der Waals surface area contributed by atoms with Crippen molar-refractivity contribution in [3.63, 3.8) is 0 Å². The minimum absolute atomic E-state index is 0.00931. The summed E-state index contributed by atoms with van der Waals surface area (Å²) in [6.45, 7) is 7.73. The van der Waals surface area contributed by atoms with Crippen LogP contribution in [-0.4, -0.2) is 74.9 Å². The zero-order chi connectivity index (χ0) is 24.0. The van der Waals surface area contributed by atoms with Crippen LogP contribution in [-0.2, 0) is 14.0 Å². The van der Waals surface area contributed by atoms with Crippen LogP contribution in [0.1, 0.15) is 40.3 Å². The Morgan fingerprint density at radius 1 is 1.25 bits per heavy atom. The van der Waals surface area contributed by atoms with Gasteiger partial charge in [0.1, 0.15) is 18.3 Å². The van der Waals surface area contributed by atoms with Crippen molar-refractivity contribution in [2.45, 2.75) is 70.7 Å². The second-order valence-electron chi connectivity index (χ2n) is 7.77. The fraction of sp³-hybridized carbons (Fsp3) is 0.737. The summed E-state index contributed by atoms with van der Waals surface area (Å²) in [5.41, 5.74) is -1.65. The van der Waals surface area contributed by atoms with Gasteiger partial charge in [0.15, 0.2) is 6.23 Å². The van der Waals surface area contributed by atoms with Crippen molar-refractivity contribution in [2.24, 2.45) is 0 Å². The van der Waals surface area contributed by atoms with Crippen LogP contribution in [0.2, 0.25) is 0 Å². The van der Waals surface area contributed by atoms with E-state index in [2.05, 4.69) is 0 Å². The van der Waals surface area contributed by atoms with Gasteiger partial charge in [-0.25, -0.2) is 9.46 Å². The molecule has 32 heavy (non-hydrogen) atoms. The Labute approximate surface area is 187 Å². The molecule has 5 atom stereocenters. The van der Waals surface area contributed by atoms with Crippen LogP contribution in [0.5, 0.6) is 0 Å². The fourth-order valence-electron chi connectivity index (χ4n) is 3.35. The van der Waals surface area contributed by atoms with E-state index in [9.17, 15) is 19.8 Å². The number of methoxy groups -OCH3 is 1. The van der Waals surface area contributed by atoms with Crippen molar-refractivity contribution in [2.75, 3.05) is 20.3 Å². The van der Waals surface area contributed by atoms with E-state index in [1.807, 2.05) is 38.4 Å². The second-order valence-corrected chi connectivity index (χ2v) is 9.13. The third-order valence-corrected chi connectivity index (χ3v) is 6.74. The predicted octanol–water partition coefficient (Wildman–Crippen LogP) is -0.0198. The van der Waals surface area contributed by atoms with Gasteiger partial charge in [-0.2, -0.15) is 5.26 Å². The van der Waals surface area contributed by atoms with E-state index in [0.717, 1.165) is 10.6 Å². The summed E-state index contributed by atoms with van der Waals surface area (Å²) in [5, 5.41) is 29.4. The van der Waals surface area contributed by atoms with Gasteiger partial charge in [0.2, 0.25) is 0 Å². The molecule has 1 fully saturated rings. The highest BCUT2D eigenvalue weighted by Crippen LogP contribution is 2.42. The van der Waals surface area contributed by atoms with Gasteiger partial charge < -0.3 is 28.8 Å². The summed E-state index contributed by atoms with van der Waals surface area (Å²) in [6, 6.07) is 2.97. The van der Waals surface area contributed by atoms with Crippen molar-refractivity contribution in [3.05, 3.63) is 33.1 Å². The Bertz CT molecular complexity index is 891. The first-order chi connectivity index (χ1) is 15.1. The summed E-state index contributed by atoms with van der Waals surface area (Å²) in [5.74, 6) is 0. The smallest absolute Gasteiger partial charge is 0.367 e. The van der Waals surface area contributed by atoms with Gasteiger partial charge in [-0.05, 0) is 27.7 Å². The van der Waals surface area contributed by atoms with E-state index >= 15 is 0 Å². The molecule has 1 saturated heterocycles. The maximum Gasteiger partial charge on any atom is 0.367 e. The predicted molar refractivity (Wildman–Crippen MR) is 115 cm³/mol. The van der Waals surface area contributed by atoms with Gasteiger partial charge in [0.25, 0.3) is 5.56 Å². The lowest BCUT2D eigenvalue weighted by atomic mass is 10.1. The first-order valence-corrected chi connectivity index (χ1v) is 11.4. The van der Waals surface area contributed by atoms with Gasteiger partial charge in [0, 0.05) is 31.5 Å². The van der Waals surface area contributed by atoms with Gasteiger partial charge >= 0.3 is 14.2 Å². The minimum atomic E-state index is -1.92. The number of aliphatic hydroxyl groups excluding tert-OH is 2. The molecule has 1 aromatic rings. The number of aliphatic hydroxyl groups is 2. The van der Waals surface area contributed by atoms with Crippen molar-refractivity contribution in [1.29, 1.82) is 5.26 Å². The molecule has 0 radical (unpaired) electrons. The molecule has 0 aromatic carbocycles. The molecular formula is C19H31N4O8P.